The summed E-state index contributed by atoms with van der Waals surface area (Å²) in [5.41, 5.74) is 5.09. The zero-order valence-electron chi connectivity index (χ0n) is 11.2. The molecule has 1 saturated heterocycles. The fourth-order valence-corrected chi connectivity index (χ4v) is 2.01. The SMILES string of the molecule is CC(C)(C)OC(=O)NC[C@@H]1CCN(CCN)C1. The number of carbonyl (C=O) groups is 1. The van der Waals surface area contributed by atoms with E-state index < -0.39 is 5.60 Å². The molecule has 1 heterocycles. The van der Waals surface area contributed by atoms with Gasteiger partial charge >= 0.3 is 6.09 Å². The number of hydrogen-bond donors (Lipinski definition) is 2. The van der Waals surface area contributed by atoms with Crippen LogP contribution >= 0.6 is 0 Å². The summed E-state index contributed by atoms with van der Waals surface area (Å²) in [6, 6.07) is 0. The van der Waals surface area contributed by atoms with Crippen molar-refractivity contribution in [1.82, 2.24) is 10.2 Å². The maximum Gasteiger partial charge on any atom is 0.407 e. The van der Waals surface area contributed by atoms with Gasteiger partial charge in [-0.25, -0.2) is 4.79 Å². The van der Waals surface area contributed by atoms with Crippen molar-refractivity contribution in [2.45, 2.75) is 32.8 Å². The van der Waals surface area contributed by atoms with Crippen LogP contribution in [-0.2, 0) is 4.74 Å². The highest BCUT2D eigenvalue weighted by Crippen LogP contribution is 2.14. The zero-order chi connectivity index (χ0) is 12.9. The predicted octanol–water partition coefficient (Wildman–Crippen LogP) is 0.792. The number of alkyl carbamates (subject to hydrolysis) is 1. The van der Waals surface area contributed by atoms with Crippen LogP contribution in [0.1, 0.15) is 27.2 Å². The van der Waals surface area contributed by atoms with E-state index in [1.165, 1.54) is 0 Å². The number of likely N-dealkylation sites (tertiary alicyclic amines) is 1. The first kappa shape index (κ1) is 14.3. The largest absolute Gasteiger partial charge is 0.444 e. The fourth-order valence-electron chi connectivity index (χ4n) is 2.01. The maximum absolute atomic E-state index is 11.5. The van der Waals surface area contributed by atoms with Crippen LogP contribution in [0.15, 0.2) is 0 Å². The van der Waals surface area contributed by atoms with Crippen LogP contribution in [0.5, 0.6) is 0 Å². The number of hydrogen-bond acceptors (Lipinski definition) is 4. The molecule has 17 heavy (non-hydrogen) atoms. The second-order valence-electron chi connectivity index (χ2n) is 5.63. The number of nitrogens with two attached hydrogens (primary N) is 1. The summed E-state index contributed by atoms with van der Waals surface area (Å²) in [6.45, 7) is 10.0. The lowest BCUT2D eigenvalue weighted by molar-refractivity contribution is 0.0520. The van der Waals surface area contributed by atoms with Gasteiger partial charge in [0.2, 0.25) is 0 Å². The summed E-state index contributed by atoms with van der Waals surface area (Å²) in [6.07, 6.45) is 0.797. The van der Waals surface area contributed by atoms with Crippen molar-refractivity contribution in [1.29, 1.82) is 0 Å². The van der Waals surface area contributed by atoms with E-state index in [4.69, 9.17) is 10.5 Å². The van der Waals surface area contributed by atoms with Crippen molar-refractivity contribution in [2.75, 3.05) is 32.7 Å². The molecule has 100 valence electrons. The van der Waals surface area contributed by atoms with E-state index in [9.17, 15) is 4.79 Å². The molecule has 0 radical (unpaired) electrons. The molecule has 1 atom stereocenters. The first-order chi connectivity index (χ1) is 7.90. The average Bonchev–Trinajstić information content (AvgIpc) is 2.61. The lowest BCUT2D eigenvalue weighted by Gasteiger charge is -2.20. The molecule has 5 nitrogen and oxygen atoms in total. The Morgan fingerprint density at radius 1 is 1.53 bits per heavy atom. The Bertz CT molecular complexity index is 251. The molecule has 0 aromatic rings. The standard InChI is InChI=1S/C12H25N3O2/c1-12(2,3)17-11(16)14-8-10-4-6-15(9-10)7-5-13/h10H,4-9,13H2,1-3H3,(H,14,16)/t10-/m0/s1. The molecule has 0 saturated carbocycles. The molecular weight excluding hydrogens is 218 g/mol. The molecule has 1 aliphatic heterocycles. The number of rotatable bonds is 4. The van der Waals surface area contributed by atoms with E-state index in [0.29, 0.717) is 19.0 Å². The van der Waals surface area contributed by atoms with E-state index in [-0.39, 0.29) is 6.09 Å². The molecule has 3 N–H and O–H groups in total. The van der Waals surface area contributed by atoms with Crippen molar-refractivity contribution < 1.29 is 9.53 Å². The van der Waals surface area contributed by atoms with E-state index >= 15 is 0 Å². The average molecular weight is 243 g/mol. The molecule has 5 heteroatoms. The van der Waals surface area contributed by atoms with Crippen molar-refractivity contribution in [3.8, 4) is 0 Å². The third-order valence-corrected chi connectivity index (χ3v) is 2.75. The highest BCUT2D eigenvalue weighted by Gasteiger charge is 2.23. The Kier molecular flexibility index (Phi) is 5.21. The van der Waals surface area contributed by atoms with Gasteiger partial charge in [0.05, 0.1) is 0 Å². The topological polar surface area (TPSA) is 67.6 Å². The maximum atomic E-state index is 11.5. The van der Waals surface area contributed by atoms with Crippen LogP contribution in [0.2, 0.25) is 0 Å². The van der Waals surface area contributed by atoms with Crippen LogP contribution in [-0.4, -0.2) is 49.3 Å². The number of nitrogens with one attached hydrogen (secondary N) is 1. The van der Waals surface area contributed by atoms with Gasteiger partial charge in [-0.05, 0) is 39.7 Å². The monoisotopic (exact) mass is 243 g/mol. The molecule has 0 aromatic heterocycles. The van der Waals surface area contributed by atoms with Gasteiger partial charge in [-0.15, -0.1) is 0 Å². The van der Waals surface area contributed by atoms with Gasteiger partial charge < -0.3 is 20.7 Å². The molecule has 0 aromatic carbocycles. The van der Waals surface area contributed by atoms with Crippen LogP contribution < -0.4 is 11.1 Å². The molecule has 1 amide bonds. The van der Waals surface area contributed by atoms with Gasteiger partial charge in [0.25, 0.3) is 0 Å². The number of ether oxygens (including phenoxy) is 1. The second kappa shape index (κ2) is 6.21. The molecule has 0 aliphatic carbocycles. The Hall–Kier alpha value is -0.810. The van der Waals surface area contributed by atoms with E-state index in [1.54, 1.807) is 0 Å². The smallest absolute Gasteiger partial charge is 0.407 e. The van der Waals surface area contributed by atoms with E-state index in [2.05, 4.69) is 10.2 Å². The molecule has 0 spiro atoms. The van der Waals surface area contributed by atoms with E-state index in [0.717, 1.165) is 26.1 Å². The zero-order valence-corrected chi connectivity index (χ0v) is 11.2. The van der Waals surface area contributed by atoms with Gasteiger partial charge in [0.15, 0.2) is 0 Å². The lowest BCUT2D eigenvalue weighted by Crippen LogP contribution is -2.36. The summed E-state index contributed by atoms with van der Waals surface area (Å²) in [5.74, 6) is 0.522. The second-order valence-corrected chi connectivity index (χ2v) is 5.63. The van der Waals surface area contributed by atoms with Gasteiger partial charge in [0, 0.05) is 26.2 Å². The van der Waals surface area contributed by atoms with Crippen molar-refractivity contribution in [2.24, 2.45) is 11.7 Å². The minimum atomic E-state index is -0.425. The third kappa shape index (κ3) is 5.89. The van der Waals surface area contributed by atoms with Crippen molar-refractivity contribution >= 4 is 6.09 Å². The predicted molar refractivity (Wildman–Crippen MR) is 67.8 cm³/mol. The highest BCUT2D eigenvalue weighted by molar-refractivity contribution is 5.67. The summed E-state index contributed by atoms with van der Waals surface area (Å²) in [4.78, 5) is 13.8. The van der Waals surface area contributed by atoms with Crippen LogP contribution in [0.4, 0.5) is 4.79 Å². The number of amides is 1. The number of carbonyl (C=O) groups excluding carboxylic acids is 1. The molecule has 1 fully saturated rings. The van der Waals surface area contributed by atoms with Crippen LogP contribution in [0, 0.1) is 5.92 Å². The quantitative estimate of drug-likeness (QED) is 0.766. The summed E-state index contributed by atoms with van der Waals surface area (Å²) < 4.78 is 5.19. The minimum absolute atomic E-state index is 0.324. The van der Waals surface area contributed by atoms with Gasteiger partial charge in [-0.1, -0.05) is 0 Å². The Morgan fingerprint density at radius 3 is 2.82 bits per heavy atom. The van der Waals surface area contributed by atoms with Crippen LogP contribution in [0.3, 0.4) is 0 Å². The van der Waals surface area contributed by atoms with Gasteiger partial charge in [0.1, 0.15) is 5.60 Å². The summed E-state index contributed by atoms with van der Waals surface area (Å²) >= 11 is 0. The highest BCUT2D eigenvalue weighted by atomic mass is 16.6. The molecule has 0 bridgehead atoms. The Labute approximate surface area is 104 Å². The first-order valence-corrected chi connectivity index (χ1v) is 6.30. The Balaban J connectivity index is 2.17. The van der Waals surface area contributed by atoms with E-state index in [1.807, 2.05) is 20.8 Å². The van der Waals surface area contributed by atoms with Gasteiger partial charge in [-0.3, -0.25) is 0 Å². The van der Waals surface area contributed by atoms with Crippen molar-refractivity contribution in [3.05, 3.63) is 0 Å². The van der Waals surface area contributed by atoms with Gasteiger partial charge in [-0.2, -0.15) is 0 Å². The van der Waals surface area contributed by atoms with Crippen molar-refractivity contribution in [3.63, 3.8) is 0 Å². The lowest BCUT2D eigenvalue weighted by atomic mass is 10.1. The fraction of sp³-hybridized carbons (Fsp3) is 0.917. The normalized spacial score (nSPS) is 21.5. The minimum Gasteiger partial charge on any atom is -0.444 e. The third-order valence-electron chi connectivity index (χ3n) is 2.75. The van der Waals surface area contributed by atoms with Crippen LogP contribution in [0.25, 0.3) is 0 Å². The summed E-state index contributed by atoms with van der Waals surface area (Å²) in [7, 11) is 0. The molecule has 0 unspecified atom stereocenters. The first-order valence-electron chi connectivity index (χ1n) is 6.30. The molecule has 1 aliphatic rings. The molecular formula is C12H25N3O2. The summed E-state index contributed by atoms with van der Waals surface area (Å²) in [5, 5.41) is 2.82. The molecule has 1 rings (SSSR count). The Morgan fingerprint density at radius 2 is 2.24 bits per heavy atom. The number of nitrogens with zero attached hydrogens (tertiary/aromatic N) is 1.